The van der Waals surface area contributed by atoms with Crippen LogP contribution in [0.2, 0.25) is 0 Å². The van der Waals surface area contributed by atoms with Gasteiger partial charge in [0, 0.05) is 25.7 Å². The molecular weight excluding hydrogens is 317 g/mol. The Morgan fingerprint density at radius 3 is 2.87 bits per heavy atom. The summed E-state index contributed by atoms with van der Waals surface area (Å²) >= 11 is 0. The summed E-state index contributed by atoms with van der Waals surface area (Å²) in [6.45, 7) is 3.67. The second kappa shape index (κ2) is 9.85. The number of amides is 1. The highest BCUT2D eigenvalue weighted by molar-refractivity contribution is 5.85. The molecule has 1 aliphatic rings. The first kappa shape index (κ1) is 19.9. The van der Waals surface area contributed by atoms with Crippen molar-refractivity contribution in [1.29, 1.82) is 0 Å². The summed E-state index contributed by atoms with van der Waals surface area (Å²) < 4.78 is 13.7. The Balaban J connectivity index is 0.00000264. The van der Waals surface area contributed by atoms with Crippen molar-refractivity contribution in [2.75, 3.05) is 40.3 Å². The molecule has 4 nitrogen and oxygen atoms in total. The van der Waals surface area contributed by atoms with E-state index in [0.717, 1.165) is 26.1 Å². The fourth-order valence-corrected chi connectivity index (χ4v) is 3.03. The van der Waals surface area contributed by atoms with Crippen LogP contribution in [0.25, 0.3) is 0 Å². The van der Waals surface area contributed by atoms with E-state index in [1.165, 1.54) is 12.5 Å². The van der Waals surface area contributed by atoms with Crippen LogP contribution in [0.3, 0.4) is 0 Å². The van der Waals surface area contributed by atoms with Gasteiger partial charge in [-0.25, -0.2) is 4.39 Å². The van der Waals surface area contributed by atoms with E-state index in [4.69, 9.17) is 0 Å². The number of halogens is 2. The fourth-order valence-electron chi connectivity index (χ4n) is 3.03. The van der Waals surface area contributed by atoms with E-state index in [1.807, 2.05) is 7.05 Å². The molecule has 1 aromatic carbocycles. The highest BCUT2D eigenvalue weighted by Gasteiger charge is 2.22. The second-order valence-corrected chi connectivity index (χ2v) is 6.14. The summed E-state index contributed by atoms with van der Waals surface area (Å²) in [7, 11) is 3.70. The lowest BCUT2D eigenvalue weighted by molar-refractivity contribution is -0.132. The monoisotopic (exact) mass is 343 g/mol. The van der Waals surface area contributed by atoms with Gasteiger partial charge in [0.25, 0.3) is 0 Å². The highest BCUT2D eigenvalue weighted by Crippen LogP contribution is 2.16. The number of carbonyl (C=O) groups excluding carboxylic acids is 1. The molecule has 1 heterocycles. The number of rotatable bonds is 6. The maximum absolute atomic E-state index is 13.7. The minimum Gasteiger partial charge on any atom is -0.340 e. The number of piperidine rings is 1. The number of nitrogens with one attached hydrogen (secondary N) is 1. The molecule has 0 spiro atoms. The molecule has 0 aliphatic carbocycles. The van der Waals surface area contributed by atoms with Crippen molar-refractivity contribution in [3.05, 3.63) is 35.6 Å². The van der Waals surface area contributed by atoms with Crippen molar-refractivity contribution >= 4 is 18.3 Å². The number of hydrogen-bond donors (Lipinski definition) is 1. The molecule has 0 radical (unpaired) electrons. The number of likely N-dealkylation sites (N-methyl/N-ethyl adjacent to an activating group) is 1. The van der Waals surface area contributed by atoms with Crippen LogP contribution < -0.4 is 5.32 Å². The zero-order chi connectivity index (χ0) is 15.9. The quantitative estimate of drug-likeness (QED) is 0.859. The van der Waals surface area contributed by atoms with Gasteiger partial charge in [-0.2, -0.15) is 0 Å². The SMILES string of the molecule is CNCC1CCCN(CC(=O)N(C)Cc2ccccc2F)C1.Cl. The van der Waals surface area contributed by atoms with E-state index in [2.05, 4.69) is 10.2 Å². The van der Waals surface area contributed by atoms with Gasteiger partial charge in [0.05, 0.1) is 6.54 Å². The summed E-state index contributed by atoms with van der Waals surface area (Å²) in [5.74, 6) is 0.408. The Kier molecular flexibility index (Phi) is 8.52. The summed E-state index contributed by atoms with van der Waals surface area (Å²) in [6, 6.07) is 6.61. The van der Waals surface area contributed by atoms with Gasteiger partial charge in [-0.3, -0.25) is 9.69 Å². The third kappa shape index (κ3) is 6.09. The minimum absolute atomic E-state index is 0. The smallest absolute Gasteiger partial charge is 0.236 e. The first-order valence-corrected chi connectivity index (χ1v) is 7.94. The Labute approximate surface area is 144 Å². The Morgan fingerprint density at radius 2 is 2.17 bits per heavy atom. The van der Waals surface area contributed by atoms with Crippen LogP contribution in [0, 0.1) is 11.7 Å². The van der Waals surface area contributed by atoms with E-state index in [1.54, 1.807) is 30.1 Å². The minimum atomic E-state index is -0.255. The van der Waals surface area contributed by atoms with E-state index >= 15 is 0 Å². The molecule has 1 aromatic rings. The maximum Gasteiger partial charge on any atom is 0.236 e. The molecule has 1 aliphatic heterocycles. The molecular formula is C17H27ClFN3O. The predicted molar refractivity (Wildman–Crippen MR) is 93.2 cm³/mol. The molecule has 2 rings (SSSR count). The fraction of sp³-hybridized carbons (Fsp3) is 0.588. The van der Waals surface area contributed by atoms with Crippen LogP contribution in [-0.2, 0) is 11.3 Å². The van der Waals surface area contributed by atoms with Gasteiger partial charge in [0.2, 0.25) is 5.91 Å². The topological polar surface area (TPSA) is 35.6 Å². The zero-order valence-electron chi connectivity index (χ0n) is 13.9. The Hall–Kier alpha value is -1.17. The van der Waals surface area contributed by atoms with Gasteiger partial charge < -0.3 is 10.2 Å². The number of likely N-dealkylation sites (tertiary alicyclic amines) is 1. The summed E-state index contributed by atoms with van der Waals surface area (Å²) in [6.07, 6.45) is 2.35. The van der Waals surface area contributed by atoms with Gasteiger partial charge >= 0.3 is 0 Å². The van der Waals surface area contributed by atoms with Crippen molar-refractivity contribution in [3.8, 4) is 0 Å². The molecule has 0 aromatic heterocycles. The zero-order valence-corrected chi connectivity index (χ0v) is 14.7. The summed E-state index contributed by atoms with van der Waals surface area (Å²) in [5.41, 5.74) is 0.560. The maximum atomic E-state index is 13.7. The number of carbonyl (C=O) groups is 1. The van der Waals surface area contributed by atoms with Gasteiger partial charge in [-0.15, -0.1) is 12.4 Å². The molecule has 1 atom stereocenters. The Bertz CT molecular complexity index is 498. The van der Waals surface area contributed by atoms with Crippen molar-refractivity contribution < 1.29 is 9.18 Å². The van der Waals surface area contributed by atoms with Crippen molar-refractivity contribution in [1.82, 2.24) is 15.1 Å². The van der Waals surface area contributed by atoms with Crippen LogP contribution >= 0.6 is 12.4 Å². The average molecular weight is 344 g/mol. The lowest BCUT2D eigenvalue weighted by Gasteiger charge is -2.33. The number of nitrogens with zero attached hydrogens (tertiary/aromatic N) is 2. The Morgan fingerprint density at radius 1 is 1.43 bits per heavy atom. The average Bonchev–Trinajstić information content (AvgIpc) is 2.50. The van der Waals surface area contributed by atoms with Gasteiger partial charge in [-0.1, -0.05) is 18.2 Å². The van der Waals surface area contributed by atoms with Crippen LogP contribution in [-0.4, -0.2) is 56.0 Å². The summed E-state index contributed by atoms with van der Waals surface area (Å²) in [4.78, 5) is 16.2. The van der Waals surface area contributed by atoms with Crippen LogP contribution in [0.4, 0.5) is 4.39 Å². The number of hydrogen-bond acceptors (Lipinski definition) is 3. The molecule has 1 fully saturated rings. The van der Waals surface area contributed by atoms with Gasteiger partial charge in [0.1, 0.15) is 5.82 Å². The van der Waals surface area contributed by atoms with Crippen LogP contribution in [0.5, 0.6) is 0 Å². The van der Waals surface area contributed by atoms with Crippen LogP contribution in [0.15, 0.2) is 24.3 Å². The van der Waals surface area contributed by atoms with E-state index in [-0.39, 0.29) is 24.1 Å². The standard InChI is InChI=1S/C17H26FN3O.ClH/c1-19-10-14-6-5-9-21(11-14)13-17(22)20(2)12-15-7-3-4-8-16(15)18;/h3-4,7-8,14,19H,5-6,9-13H2,1-2H3;1H. The third-order valence-electron chi connectivity index (χ3n) is 4.25. The second-order valence-electron chi connectivity index (χ2n) is 6.14. The molecule has 6 heteroatoms. The number of benzene rings is 1. The van der Waals surface area contributed by atoms with Crippen molar-refractivity contribution in [2.24, 2.45) is 5.92 Å². The van der Waals surface area contributed by atoms with Gasteiger partial charge in [-0.05, 0) is 45.0 Å². The normalized spacial score (nSPS) is 18.3. The largest absolute Gasteiger partial charge is 0.340 e. The molecule has 1 saturated heterocycles. The summed E-state index contributed by atoms with van der Waals surface area (Å²) in [5, 5.41) is 3.21. The van der Waals surface area contributed by atoms with E-state index in [0.29, 0.717) is 24.6 Å². The van der Waals surface area contributed by atoms with E-state index < -0.39 is 0 Å². The molecule has 23 heavy (non-hydrogen) atoms. The molecule has 1 amide bonds. The first-order valence-electron chi connectivity index (χ1n) is 7.94. The third-order valence-corrected chi connectivity index (χ3v) is 4.25. The molecule has 0 bridgehead atoms. The molecule has 1 N–H and O–H groups in total. The molecule has 0 saturated carbocycles. The van der Waals surface area contributed by atoms with E-state index in [9.17, 15) is 9.18 Å². The van der Waals surface area contributed by atoms with Crippen molar-refractivity contribution in [2.45, 2.75) is 19.4 Å². The van der Waals surface area contributed by atoms with Crippen LogP contribution in [0.1, 0.15) is 18.4 Å². The van der Waals surface area contributed by atoms with Gasteiger partial charge in [0.15, 0.2) is 0 Å². The molecule has 1 unspecified atom stereocenters. The lowest BCUT2D eigenvalue weighted by atomic mass is 9.98. The first-order chi connectivity index (χ1) is 10.6. The molecule has 130 valence electrons. The van der Waals surface area contributed by atoms with Crippen molar-refractivity contribution in [3.63, 3.8) is 0 Å². The predicted octanol–water partition coefficient (Wildman–Crippen LogP) is 2.14. The highest BCUT2D eigenvalue weighted by atomic mass is 35.5. The lowest BCUT2D eigenvalue weighted by Crippen LogP contribution is -2.44.